The lowest BCUT2D eigenvalue weighted by molar-refractivity contribution is 0.0998. The Labute approximate surface area is 164 Å². The van der Waals surface area contributed by atoms with E-state index in [0.717, 1.165) is 47.1 Å². The van der Waals surface area contributed by atoms with E-state index in [0.29, 0.717) is 22.2 Å². The number of carbonyl (C=O) groups excluding carboxylic acids is 1. The molecule has 0 saturated heterocycles. The van der Waals surface area contributed by atoms with Crippen molar-refractivity contribution in [2.24, 2.45) is 11.3 Å². The summed E-state index contributed by atoms with van der Waals surface area (Å²) in [5.74, 6) is 0.811. The van der Waals surface area contributed by atoms with Crippen LogP contribution in [0.5, 0.6) is 0 Å². The van der Waals surface area contributed by atoms with E-state index in [1.807, 2.05) is 32.0 Å². The normalized spacial score (nSPS) is 17.1. The molecule has 1 aliphatic carbocycles. The van der Waals surface area contributed by atoms with Gasteiger partial charge in [0.2, 0.25) is 0 Å². The van der Waals surface area contributed by atoms with Crippen molar-refractivity contribution < 1.29 is 9.21 Å². The minimum absolute atomic E-state index is 0.222. The number of thiazole rings is 1. The Balaban J connectivity index is 1.56. The van der Waals surface area contributed by atoms with Gasteiger partial charge in [-0.3, -0.25) is 10.1 Å². The average Bonchev–Trinajstić information content (AvgIpc) is 3.13. The lowest BCUT2D eigenvalue weighted by Gasteiger charge is -2.33. The van der Waals surface area contributed by atoms with Crippen molar-refractivity contribution in [1.29, 1.82) is 0 Å². The van der Waals surface area contributed by atoms with Crippen LogP contribution in [0.2, 0.25) is 0 Å². The third kappa shape index (κ3) is 3.41. The number of aryl methyl sites for hydroxylation is 3. The number of rotatable bonds is 2. The second-order valence-electron chi connectivity index (χ2n) is 8.70. The second kappa shape index (κ2) is 6.48. The Kier molecular flexibility index (Phi) is 4.38. The Morgan fingerprint density at radius 3 is 2.81 bits per heavy atom. The molecule has 1 atom stereocenters. The fourth-order valence-electron chi connectivity index (χ4n) is 3.87. The molecule has 3 aromatic rings. The summed E-state index contributed by atoms with van der Waals surface area (Å²) in [5.41, 5.74) is 4.19. The van der Waals surface area contributed by atoms with Gasteiger partial charge >= 0.3 is 0 Å². The highest BCUT2D eigenvalue weighted by Gasteiger charge is 2.31. The molecule has 0 spiro atoms. The number of benzene rings is 1. The molecule has 2 heterocycles. The van der Waals surface area contributed by atoms with Crippen LogP contribution in [-0.4, -0.2) is 10.9 Å². The first-order valence-corrected chi connectivity index (χ1v) is 10.3. The van der Waals surface area contributed by atoms with E-state index in [1.54, 1.807) is 11.3 Å². The molecule has 1 aliphatic rings. The van der Waals surface area contributed by atoms with Crippen molar-refractivity contribution in [3.63, 3.8) is 0 Å². The Morgan fingerprint density at radius 1 is 1.30 bits per heavy atom. The molecule has 5 heteroatoms. The predicted octanol–water partition coefficient (Wildman–Crippen LogP) is 5.91. The number of anilines is 1. The summed E-state index contributed by atoms with van der Waals surface area (Å²) in [6.07, 6.45) is 3.21. The van der Waals surface area contributed by atoms with E-state index >= 15 is 0 Å². The molecule has 0 fully saturated rings. The molecule has 0 bridgehead atoms. The summed E-state index contributed by atoms with van der Waals surface area (Å²) in [6, 6.07) is 6.01. The number of hydrogen-bond donors (Lipinski definition) is 1. The Morgan fingerprint density at radius 2 is 2.07 bits per heavy atom. The Hall–Kier alpha value is -2.14. The number of carbonyl (C=O) groups is 1. The molecular formula is C22H26N2O2S. The molecule has 2 aromatic heterocycles. The number of fused-ring (bicyclic) bond motifs is 2. The van der Waals surface area contributed by atoms with E-state index in [4.69, 9.17) is 4.42 Å². The van der Waals surface area contributed by atoms with Gasteiger partial charge in [0.05, 0.1) is 5.69 Å². The van der Waals surface area contributed by atoms with Crippen LogP contribution in [0.15, 0.2) is 22.6 Å². The molecule has 0 saturated carbocycles. The molecule has 1 N–H and O–H groups in total. The maximum atomic E-state index is 12.8. The van der Waals surface area contributed by atoms with Gasteiger partial charge in [0, 0.05) is 15.8 Å². The number of aromatic nitrogens is 1. The van der Waals surface area contributed by atoms with E-state index in [-0.39, 0.29) is 5.91 Å². The fraction of sp³-hybridized carbons (Fsp3) is 0.455. The number of furan rings is 1. The summed E-state index contributed by atoms with van der Waals surface area (Å²) in [7, 11) is 0. The van der Waals surface area contributed by atoms with Gasteiger partial charge in [-0.1, -0.05) is 32.9 Å². The number of nitrogens with zero attached hydrogens (tertiary/aromatic N) is 1. The first-order valence-electron chi connectivity index (χ1n) is 9.52. The van der Waals surface area contributed by atoms with Crippen molar-refractivity contribution in [1.82, 2.24) is 4.98 Å². The van der Waals surface area contributed by atoms with Gasteiger partial charge < -0.3 is 4.42 Å². The highest BCUT2D eigenvalue weighted by molar-refractivity contribution is 7.15. The van der Waals surface area contributed by atoms with Gasteiger partial charge in [0.25, 0.3) is 5.91 Å². The molecule has 0 radical (unpaired) electrons. The van der Waals surface area contributed by atoms with Gasteiger partial charge in [-0.25, -0.2) is 4.98 Å². The third-order valence-electron chi connectivity index (χ3n) is 5.68. The van der Waals surface area contributed by atoms with Crippen LogP contribution in [0.4, 0.5) is 5.13 Å². The zero-order chi connectivity index (χ0) is 19.3. The summed E-state index contributed by atoms with van der Waals surface area (Å²) < 4.78 is 5.84. The maximum Gasteiger partial charge on any atom is 0.293 e. The maximum absolute atomic E-state index is 12.8. The largest absolute Gasteiger partial charge is 0.451 e. The highest BCUT2D eigenvalue weighted by atomic mass is 32.1. The van der Waals surface area contributed by atoms with Crippen molar-refractivity contribution in [3.05, 3.63) is 45.7 Å². The summed E-state index contributed by atoms with van der Waals surface area (Å²) in [4.78, 5) is 18.8. The summed E-state index contributed by atoms with van der Waals surface area (Å²) in [5, 5.41) is 4.62. The first-order chi connectivity index (χ1) is 12.7. The fourth-order valence-corrected chi connectivity index (χ4v) is 4.95. The standard InChI is InChI=1S/C22H26N2O2S/c1-12-6-8-15-13(2)19(26-17(15)10-12)20(25)24-21-23-16-9-7-14(22(3,4)5)11-18(16)27-21/h6,8,10,14H,7,9,11H2,1-5H3,(H,23,24,25)/t14-/m0/s1. The molecule has 27 heavy (non-hydrogen) atoms. The van der Waals surface area contributed by atoms with Gasteiger partial charge in [0.1, 0.15) is 5.58 Å². The van der Waals surface area contributed by atoms with E-state index in [1.165, 1.54) is 4.88 Å². The van der Waals surface area contributed by atoms with Crippen molar-refractivity contribution in [2.45, 2.75) is 53.9 Å². The molecular weight excluding hydrogens is 356 g/mol. The van der Waals surface area contributed by atoms with Gasteiger partial charge in [-0.05, 0) is 56.1 Å². The topological polar surface area (TPSA) is 55.1 Å². The quantitative estimate of drug-likeness (QED) is 0.599. The predicted molar refractivity (Wildman–Crippen MR) is 111 cm³/mol. The lowest BCUT2D eigenvalue weighted by Crippen LogP contribution is -2.26. The summed E-state index contributed by atoms with van der Waals surface area (Å²) >= 11 is 1.61. The van der Waals surface area contributed by atoms with Crippen molar-refractivity contribution >= 4 is 33.3 Å². The molecule has 142 valence electrons. The summed E-state index contributed by atoms with van der Waals surface area (Å²) in [6.45, 7) is 10.9. The molecule has 4 nitrogen and oxygen atoms in total. The van der Waals surface area contributed by atoms with E-state index in [2.05, 4.69) is 31.1 Å². The third-order valence-corrected chi connectivity index (χ3v) is 6.72. The molecule has 0 aliphatic heterocycles. The van der Waals surface area contributed by atoms with Crippen LogP contribution in [0.3, 0.4) is 0 Å². The van der Waals surface area contributed by atoms with E-state index < -0.39 is 0 Å². The molecule has 4 rings (SSSR count). The van der Waals surface area contributed by atoms with Crippen molar-refractivity contribution in [3.8, 4) is 0 Å². The minimum atomic E-state index is -0.222. The number of nitrogens with one attached hydrogen (secondary N) is 1. The molecule has 1 aromatic carbocycles. The number of amides is 1. The van der Waals surface area contributed by atoms with Crippen LogP contribution in [0, 0.1) is 25.2 Å². The van der Waals surface area contributed by atoms with Crippen LogP contribution in [0.25, 0.3) is 11.0 Å². The smallest absolute Gasteiger partial charge is 0.293 e. The Bertz CT molecular complexity index is 1020. The SMILES string of the molecule is Cc1ccc2c(C)c(C(=O)Nc3nc4c(s3)C[C@@H](C(C)(C)C)CC4)oc2c1. The average molecular weight is 383 g/mol. The first kappa shape index (κ1) is 18.2. The van der Waals surface area contributed by atoms with Crippen LogP contribution >= 0.6 is 11.3 Å². The van der Waals surface area contributed by atoms with Crippen molar-refractivity contribution in [2.75, 3.05) is 5.32 Å². The van der Waals surface area contributed by atoms with Gasteiger partial charge in [-0.2, -0.15) is 0 Å². The zero-order valence-corrected chi connectivity index (χ0v) is 17.4. The van der Waals surface area contributed by atoms with Crippen LogP contribution in [0.1, 0.15) is 59.4 Å². The van der Waals surface area contributed by atoms with E-state index in [9.17, 15) is 4.79 Å². The highest BCUT2D eigenvalue weighted by Crippen LogP contribution is 2.40. The van der Waals surface area contributed by atoms with Crippen LogP contribution in [-0.2, 0) is 12.8 Å². The number of hydrogen-bond acceptors (Lipinski definition) is 4. The van der Waals surface area contributed by atoms with Gasteiger partial charge in [0.15, 0.2) is 10.9 Å². The lowest BCUT2D eigenvalue weighted by atomic mass is 9.73. The molecule has 0 unspecified atom stereocenters. The second-order valence-corrected chi connectivity index (χ2v) is 9.79. The monoisotopic (exact) mass is 382 g/mol. The van der Waals surface area contributed by atoms with Gasteiger partial charge in [-0.15, -0.1) is 11.3 Å². The zero-order valence-electron chi connectivity index (χ0n) is 16.6. The minimum Gasteiger partial charge on any atom is -0.451 e. The van der Waals surface area contributed by atoms with Crippen LogP contribution < -0.4 is 5.32 Å². The molecule has 1 amide bonds.